The predicted molar refractivity (Wildman–Crippen MR) is 129 cm³/mol. The zero-order valence-electron chi connectivity index (χ0n) is 19.4. The lowest BCUT2D eigenvalue weighted by atomic mass is 10.2. The first-order valence-electron chi connectivity index (χ1n) is 10.8. The largest absolute Gasteiger partial charge is 0.490 e. The summed E-state index contributed by atoms with van der Waals surface area (Å²) in [5.74, 6) is -3.07. The summed E-state index contributed by atoms with van der Waals surface area (Å²) in [6.07, 6.45) is -4.32. The molecule has 4 rings (SSSR count). The predicted octanol–water partition coefficient (Wildman–Crippen LogP) is 4.68. The van der Waals surface area contributed by atoms with Gasteiger partial charge >= 0.3 is 12.1 Å². The Kier molecular flexibility index (Phi) is 9.10. The van der Waals surface area contributed by atoms with Gasteiger partial charge in [-0.25, -0.2) is 22.6 Å². The van der Waals surface area contributed by atoms with E-state index in [0.717, 1.165) is 32.1 Å². The highest BCUT2D eigenvalue weighted by Crippen LogP contribution is 2.29. The second kappa shape index (κ2) is 11.9. The van der Waals surface area contributed by atoms with Gasteiger partial charge in [0.2, 0.25) is 0 Å². The van der Waals surface area contributed by atoms with E-state index in [4.69, 9.17) is 14.6 Å². The highest BCUT2D eigenvalue weighted by Gasteiger charge is 2.38. The number of carboxylic acids is 1. The maximum absolute atomic E-state index is 14.7. The molecule has 8 nitrogen and oxygen atoms in total. The number of aliphatic carboxylic acids is 1. The van der Waals surface area contributed by atoms with E-state index in [9.17, 15) is 26.0 Å². The van der Waals surface area contributed by atoms with E-state index in [-0.39, 0.29) is 11.9 Å². The van der Waals surface area contributed by atoms with Crippen LogP contribution >= 0.6 is 11.3 Å². The molecule has 37 heavy (non-hydrogen) atoms. The number of anilines is 1. The summed E-state index contributed by atoms with van der Waals surface area (Å²) in [6, 6.07) is 12.7. The van der Waals surface area contributed by atoms with Gasteiger partial charge in [-0.2, -0.15) is 13.2 Å². The minimum Gasteiger partial charge on any atom is -0.489 e. The Balaban J connectivity index is 0.000000479. The number of ether oxygens (including phenoxy) is 1. The van der Waals surface area contributed by atoms with E-state index >= 15 is 0 Å². The van der Waals surface area contributed by atoms with Crippen molar-refractivity contribution >= 4 is 33.1 Å². The van der Waals surface area contributed by atoms with E-state index in [1.807, 2.05) is 18.2 Å². The van der Waals surface area contributed by atoms with Crippen molar-refractivity contribution in [3.8, 4) is 5.75 Å². The van der Waals surface area contributed by atoms with E-state index in [0.29, 0.717) is 11.3 Å². The molecule has 2 N–H and O–H groups in total. The van der Waals surface area contributed by atoms with Gasteiger partial charge < -0.3 is 9.84 Å². The van der Waals surface area contributed by atoms with Gasteiger partial charge in [-0.15, -0.1) is 11.3 Å². The first kappa shape index (κ1) is 28.3. The Bertz CT molecular complexity index is 1300. The lowest BCUT2D eigenvalue weighted by Gasteiger charge is -2.18. The highest BCUT2D eigenvalue weighted by molar-refractivity contribution is 7.92. The van der Waals surface area contributed by atoms with Crippen molar-refractivity contribution in [1.82, 2.24) is 9.88 Å². The molecule has 1 saturated heterocycles. The van der Waals surface area contributed by atoms with Crippen molar-refractivity contribution in [2.24, 2.45) is 0 Å². The molecule has 2 heterocycles. The van der Waals surface area contributed by atoms with Gasteiger partial charge in [0.15, 0.2) is 5.82 Å². The Morgan fingerprint density at radius 2 is 1.95 bits per heavy atom. The molecule has 200 valence electrons. The molecular weight excluding hydrogens is 538 g/mol. The topological polar surface area (TPSA) is 109 Å². The number of nitrogens with zero attached hydrogens (tertiary/aromatic N) is 2. The maximum atomic E-state index is 14.7. The van der Waals surface area contributed by atoms with Gasteiger partial charge in [0, 0.05) is 31.1 Å². The van der Waals surface area contributed by atoms with Crippen LogP contribution in [0.1, 0.15) is 17.5 Å². The van der Waals surface area contributed by atoms with E-state index in [1.165, 1.54) is 28.5 Å². The summed E-state index contributed by atoms with van der Waals surface area (Å²) < 4.78 is 79.7. The fraction of sp³-hybridized carbons (Fsp3) is 0.304. The first-order valence-corrected chi connectivity index (χ1v) is 13.2. The third kappa shape index (κ3) is 8.13. The van der Waals surface area contributed by atoms with Gasteiger partial charge in [-0.1, -0.05) is 30.3 Å². The molecule has 14 heteroatoms. The Morgan fingerprint density at radius 3 is 2.54 bits per heavy atom. The van der Waals surface area contributed by atoms with Crippen molar-refractivity contribution in [3.05, 3.63) is 70.3 Å². The van der Waals surface area contributed by atoms with Crippen LogP contribution in [0.3, 0.4) is 0 Å². The number of nitrogens with one attached hydrogen (secondary N) is 1. The van der Waals surface area contributed by atoms with Gasteiger partial charge in [-0.3, -0.25) is 9.62 Å². The minimum atomic E-state index is -5.08. The number of likely N-dealkylation sites (tertiary alicyclic amines) is 1. The standard InChI is InChI=1S/C21H22FN3O3S2.C2HF3O2/c1-15-9-20(30(26,27)24-21-13-29-14-23-21)18(22)10-19(15)28-17-7-8-25(12-17)11-16-5-3-2-4-6-16;3-2(4,5)1(6)7/h2-6,9-10,13-14,17,24H,7-8,11-12H2,1H3;(H,6,7)/t17-;/m0./s1. The highest BCUT2D eigenvalue weighted by atomic mass is 32.2. The van der Waals surface area contributed by atoms with Gasteiger partial charge in [0.25, 0.3) is 10.0 Å². The fourth-order valence-electron chi connectivity index (χ4n) is 3.48. The van der Waals surface area contributed by atoms with Crippen LogP contribution in [0.5, 0.6) is 5.75 Å². The van der Waals surface area contributed by atoms with Crippen LogP contribution < -0.4 is 9.46 Å². The number of halogens is 4. The minimum absolute atomic E-state index is 0.0672. The number of sulfonamides is 1. The molecule has 0 bridgehead atoms. The van der Waals surface area contributed by atoms with E-state index < -0.39 is 32.9 Å². The van der Waals surface area contributed by atoms with Crippen LogP contribution in [0.25, 0.3) is 0 Å². The molecular formula is C23H23F4N3O5S2. The second-order valence-corrected chi connectivity index (χ2v) is 10.4. The average Bonchev–Trinajstić information content (AvgIpc) is 3.48. The zero-order chi connectivity index (χ0) is 27.2. The van der Waals surface area contributed by atoms with Crippen LogP contribution in [-0.2, 0) is 21.4 Å². The molecule has 2 aromatic carbocycles. The Hall–Kier alpha value is -3.23. The smallest absolute Gasteiger partial charge is 0.489 e. The molecule has 0 amide bonds. The number of rotatable bonds is 7. The average molecular weight is 562 g/mol. The number of alkyl halides is 3. The quantitative estimate of drug-likeness (QED) is 0.404. The summed E-state index contributed by atoms with van der Waals surface area (Å²) in [4.78, 5) is 14.6. The number of benzene rings is 2. The zero-order valence-corrected chi connectivity index (χ0v) is 21.0. The third-order valence-corrected chi connectivity index (χ3v) is 7.16. The number of aromatic nitrogens is 1. The van der Waals surface area contributed by atoms with Crippen LogP contribution in [0.4, 0.5) is 23.4 Å². The van der Waals surface area contributed by atoms with E-state index in [2.05, 4.69) is 26.7 Å². The molecule has 0 unspecified atom stereocenters. The monoisotopic (exact) mass is 561 g/mol. The SMILES string of the molecule is Cc1cc(S(=O)(=O)Nc2cscn2)c(F)cc1O[C@H]1CCN(Cc2ccccc2)C1.O=C(O)C(F)(F)F. The van der Waals surface area contributed by atoms with Crippen molar-refractivity contribution < 1.29 is 40.6 Å². The van der Waals surface area contributed by atoms with Crippen LogP contribution in [0.2, 0.25) is 0 Å². The molecule has 1 aliphatic rings. The summed E-state index contributed by atoms with van der Waals surface area (Å²) in [7, 11) is -4.07. The van der Waals surface area contributed by atoms with Crippen molar-refractivity contribution in [2.45, 2.75) is 37.1 Å². The first-order chi connectivity index (χ1) is 17.3. The van der Waals surface area contributed by atoms with E-state index in [1.54, 1.807) is 12.3 Å². The summed E-state index contributed by atoms with van der Waals surface area (Å²) in [5, 5.41) is 8.67. The van der Waals surface area contributed by atoms with Crippen LogP contribution in [0, 0.1) is 12.7 Å². The fourth-order valence-corrected chi connectivity index (χ4v) is 5.19. The molecule has 0 radical (unpaired) electrons. The normalized spacial score (nSPS) is 16.1. The molecule has 1 atom stereocenters. The van der Waals surface area contributed by atoms with Crippen molar-refractivity contribution in [2.75, 3.05) is 17.8 Å². The molecule has 1 aliphatic heterocycles. The van der Waals surface area contributed by atoms with Gasteiger partial charge in [0.05, 0.1) is 5.51 Å². The summed E-state index contributed by atoms with van der Waals surface area (Å²) >= 11 is 1.25. The lowest BCUT2D eigenvalue weighted by Crippen LogP contribution is -2.25. The number of carbonyl (C=O) groups is 1. The van der Waals surface area contributed by atoms with Gasteiger partial charge in [0.1, 0.15) is 22.6 Å². The Morgan fingerprint density at radius 1 is 1.27 bits per heavy atom. The molecule has 3 aromatic rings. The molecule has 0 aliphatic carbocycles. The number of carboxylic acid groups (broad SMARTS) is 1. The maximum Gasteiger partial charge on any atom is 0.490 e. The second-order valence-electron chi connectivity index (χ2n) is 8.08. The molecule has 0 saturated carbocycles. The van der Waals surface area contributed by atoms with Gasteiger partial charge in [-0.05, 0) is 30.5 Å². The number of hydrogen-bond acceptors (Lipinski definition) is 7. The number of aryl methyl sites for hydroxylation is 1. The lowest BCUT2D eigenvalue weighted by molar-refractivity contribution is -0.192. The molecule has 1 aromatic heterocycles. The molecule has 0 spiro atoms. The van der Waals surface area contributed by atoms with Crippen LogP contribution in [-0.4, -0.2) is 54.7 Å². The van der Waals surface area contributed by atoms with Crippen LogP contribution in [0.15, 0.2) is 58.3 Å². The Labute approximate surface area is 214 Å². The summed E-state index contributed by atoms with van der Waals surface area (Å²) in [5.41, 5.74) is 3.30. The van der Waals surface area contributed by atoms with Crippen molar-refractivity contribution in [1.29, 1.82) is 0 Å². The number of thiazole rings is 1. The van der Waals surface area contributed by atoms with Crippen molar-refractivity contribution in [3.63, 3.8) is 0 Å². The third-order valence-electron chi connectivity index (χ3n) is 5.20. The molecule has 1 fully saturated rings. The summed E-state index contributed by atoms with van der Waals surface area (Å²) in [6.45, 7) is 4.19. The number of hydrogen-bond donors (Lipinski definition) is 2.